The Kier molecular flexibility index (Phi) is 4.28. The second-order valence-electron chi connectivity index (χ2n) is 6.94. The number of hydrazone groups is 1. The molecule has 0 amide bonds. The lowest BCUT2D eigenvalue weighted by molar-refractivity contribution is -0.0209. The third-order valence-electron chi connectivity index (χ3n) is 5.26. The smallest absolute Gasteiger partial charge is 0.214 e. The van der Waals surface area contributed by atoms with E-state index in [1.165, 1.54) is 0 Å². The van der Waals surface area contributed by atoms with Crippen molar-refractivity contribution >= 4 is 17.3 Å². The number of phenols is 1. The van der Waals surface area contributed by atoms with E-state index in [-0.39, 0.29) is 11.8 Å². The van der Waals surface area contributed by atoms with E-state index in [1.807, 2.05) is 35.3 Å². The molecule has 1 N–H and O–H groups in total. The number of pyridine rings is 1. The lowest BCUT2D eigenvalue weighted by Crippen LogP contribution is -2.33. The maximum atomic E-state index is 10.4. The number of phenolic OH excluding ortho intramolecular Hbond substituents is 1. The first kappa shape index (κ1) is 17.8. The van der Waals surface area contributed by atoms with Crippen LogP contribution in [0.4, 0.5) is 0 Å². The van der Waals surface area contributed by atoms with E-state index in [0.29, 0.717) is 28.5 Å². The fraction of sp³-hybridized carbons (Fsp3) is 0.182. The van der Waals surface area contributed by atoms with Crippen LogP contribution in [0.15, 0.2) is 66.0 Å². The second kappa shape index (κ2) is 6.97. The average Bonchev–Trinajstić information content (AvgIpc) is 3.20. The molecule has 146 valence electrons. The quantitative estimate of drug-likeness (QED) is 0.682. The standard InChI is InChI=1S/C22H18ClN3O3/c1-28-20-4-2-3-15-18-12-17(16-11-14(23)5-6-19(16)27)25-26(18)22(29-21(15)20)13-7-9-24-10-8-13/h2-11,18,22,27H,12H2,1H3. The third kappa shape index (κ3) is 2.96. The Morgan fingerprint density at radius 1 is 1.17 bits per heavy atom. The third-order valence-corrected chi connectivity index (χ3v) is 5.50. The van der Waals surface area contributed by atoms with Crippen LogP contribution in [0, 0.1) is 0 Å². The van der Waals surface area contributed by atoms with Gasteiger partial charge in [0.25, 0.3) is 0 Å². The summed E-state index contributed by atoms with van der Waals surface area (Å²) in [5.41, 5.74) is 3.31. The predicted octanol–water partition coefficient (Wildman–Crippen LogP) is 4.69. The molecule has 7 heteroatoms. The molecule has 29 heavy (non-hydrogen) atoms. The highest BCUT2D eigenvalue weighted by Gasteiger charge is 2.42. The summed E-state index contributed by atoms with van der Waals surface area (Å²) in [6.07, 6.45) is 3.63. The Balaban J connectivity index is 1.64. The number of fused-ring (bicyclic) bond motifs is 3. The Labute approximate surface area is 173 Å². The first-order chi connectivity index (χ1) is 14.2. The zero-order chi connectivity index (χ0) is 20.0. The van der Waals surface area contributed by atoms with Gasteiger partial charge in [-0.1, -0.05) is 23.7 Å². The number of hydrogen-bond donors (Lipinski definition) is 1. The zero-order valence-electron chi connectivity index (χ0n) is 15.6. The monoisotopic (exact) mass is 407 g/mol. The van der Waals surface area contributed by atoms with E-state index < -0.39 is 6.23 Å². The zero-order valence-corrected chi connectivity index (χ0v) is 16.4. The molecular weight excluding hydrogens is 390 g/mol. The summed E-state index contributed by atoms with van der Waals surface area (Å²) in [4.78, 5) is 4.11. The van der Waals surface area contributed by atoms with Crippen LogP contribution in [0.2, 0.25) is 5.02 Å². The summed E-state index contributed by atoms with van der Waals surface area (Å²) in [5, 5.41) is 17.7. The van der Waals surface area contributed by atoms with Crippen molar-refractivity contribution in [2.24, 2.45) is 5.10 Å². The van der Waals surface area contributed by atoms with Gasteiger partial charge >= 0.3 is 0 Å². The summed E-state index contributed by atoms with van der Waals surface area (Å²) in [6.45, 7) is 0. The van der Waals surface area contributed by atoms with Crippen molar-refractivity contribution in [2.45, 2.75) is 18.7 Å². The van der Waals surface area contributed by atoms with Gasteiger partial charge in [0.1, 0.15) is 5.75 Å². The molecule has 0 fully saturated rings. The minimum Gasteiger partial charge on any atom is -0.507 e. The topological polar surface area (TPSA) is 67.2 Å². The number of nitrogens with zero attached hydrogens (tertiary/aromatic N) is 3. The minimum absolute atomic E-state index is 0.0552. The van der Waals surface area contributed by atoms with Crippen molar-refractivity contribution in [3.63, 3.8) is 0 Å². The van der Waals surface area contributed by atoms with Crippen LogP contribution in [0.3, 0.4) is 0 Å². The van der Waals surface area contributed by atoms with Crippen molar-refractivity contribution in [1.29, 1.82) is 0 Å². The first-order valence-corrected chi connectivity index (χ1v) is 9.61. The van der Waals surface area contributed by atoms with Crippen LogP contribution in [-0.2, 0) is 0 Å². The highest BCUT2D eigenvalue weighted by Crippen LogP contribution is 2.51. The molecule has 1 aromatic heterocycles. The molecule has 2 unspecified atom stereocenters. The van der Waals surface area contributed by atoms with E-state index in [4.69, 9.17) is 26.2 Å². The number of ether oxygens (including phenoxy) is 2. The number of rotatable bonds is 3. The molecule has 0 aliphatic carbocycles. The van der Waals surface area contributed by atoms with E-state index in [9.17, 15) is 5.11 Å². The molecule has 0 saturated heterocycles. The lowest BCUT2D eigenvalue weighted by atomic mass is 9.95. The number of hydrogen-bond acceptors (Lipinski definition) is 6. The molecule has 0 saturated carbocycles. The Hall–Kier alpha value is -3.25. The Morgan fingerprint density at radius 2 is 2.00 bits per heavy atom. The number of aromatic hydroxyl groups is 1. The molecule has 5 rings (SSSR count). The van der Waals surface area contributed by atoms with Crippen molar-refractivity contribution in [3.8, 4) is 17.2 Å². The van der Waals surface area contributed by atoms with Crippen molar-refractivity contribution in [3.05, 3.63) is 82.6 Å². The van der Waals surface area contributed by atoms with Gasteiger partial charge in [-0.25, -0.2) is 5.01 Å². The van der Waals surface area contributed by atoms with Crippen LogP contribution in [0.5, 0.6) is 17.2 Å². The van der Waals surface area contributed by atoms with Crippen LogP contribution in [0.1, 0.15) is 35.4 Å². The molecule has 0 spiro atoms. The van der Waals surface area contributed by atoms with Gasteiger partial charge in [-0.2, -0.15) is 5.10 Å². The molecule has 2 aromatic carbocycles. The van der Waals surface area contributed by atoms with Crippen molar-refractivity contribution < 1.29 is 14.6 Å². The normalized spacial score (nSPS) is 19.8. The second-order valence-corrected chi connectivity index (χ2v) is 7.37. The SMILES string of the molecule is COc1cccc2c1OC(c1ccncc1)N1N=C(c3cc(Cl)ccc3O)CC21. The van der Waals surface area contributed by atoms with Gasteiger partial charge in [0, 0.05) is 40.5 Å². The summed E-state index contributed by atoms with van der Waals surface area (Å²) < 4.78 is 11.9. The molecule has 2 aliphatic rings. The van der Waals surface area contributed by atoms with Gasteiger partial charge < -0.3 is 14.6 Å². The van der Waals surface area contributed by atoms with Crippen LogP contribution < -0.4 is 9.47 Å². The van der Waals surface area contributed by atoms with Gasteiger partial charge in [-0.3, -0.25) is 4.98 Å². The van der Waals surface area contributed by atoms with Gasteiger partial charge in [0.2, 0.25) is 6.23 Å². The first-order valence-electron chi connectivity index (χ1n) is 9.24. The number of halogens is 1. The van der Waals surface area contributed by atoms with E-state index in [1.54, 1.807) is 37.7 Å². The Morgan fingerprint density at radius 3 is 2.79 bits per heavy atom. The van der Waals surface area contributed by atoms with Crippen molar-refractivity contribution in [1.82, 2.24) is 9.99 Å². The maximum absolute atomic E-state index is 10.4. The van der Waals surface area contributed by atoms with Crippen LogP contribution in [-0.4, -0.2) is 27.9 Å². The fourth-order valence-corrected chi connectivity index (χ4v) is 4.07. The van der Waals surface area contributed by atoms with E-state index in [0.717, 1.165) is 16.8 Å². The van der Waals surface area contributed by atoms with Crippen LogP contribution in [0.25, 0.3) is 0 Å². The maximum Gasteiger partial charge on any atom is 0.214 e. The minimum atomic E-state index is -0.439. The summed E-state index contributed by atoms with van der Waals surface area (Å²) in [5.74, 6) is 1.55. The number of benzene rings is 2. The molecule has 0 radical (unpaired) electrons. The summed E-state index contributed by atoms with van der Waals surface area (Å²) in [7, 11) is 1.63. The predicted molar refractivity (Wildman–Crippen MR) is 109 cm³/mol. The van der Waals surface area contributed by atoms with Gasteiger partial charge in [0.15, 0.2) is 11.5 Å². The molecule has 2 atom stereocenters. The number of aromatic nitrogens is 1. The molecule has 3 heterocycles. The fourth-order valence-electron chi connectivity index (χ4n) is 3.89. The largest absolute Gasteiger partial charge is 0.507 e. The molecular formula is C22H18ClN3O3. The average molecular weight is 408 g/mol. The number of methoxy groups -OCH3 is 1. The number of para-hydroxylation sites is 1. The highest BCUT2D eigenvalue weighted by atomic mass is 35.5. The van der Waals surface area contributed by atoms with Gasteiger partial charge in [-0.05, 0) is 36.4 Å². The molecule has 0 bridgehead atoms. The lowest BCUT2D eigenvalue weighted by Gasteiger charge is -2.38. The molecule has 2 aliphatic heterocycles. The van der Waals surface area contributed by atoms with Crippen LogP contribution >= 0.6 is 11.6 Å². The van der Waals surface area contributed by atoms with Crippen molar-refractivity contribution in [2.75, 3.05) is 7.11 Å². The summed E-state index contributed by atoms with van der Waals surface area (Å²) >= 11 is 6.17. The molecule has 6 nitrogen and oxygen atoms in total. The highest BCUT2D eigenvalue weighted by molar-refractivity contribution is 6.31. The van der Waals surface area contributed by atoms with E-state index >= 15 is 0 Å². The van der Waals surface area contributed by atoms with Gasteiger partial charge in [0.05, 0.1) is 18.9 Å². The summed E-state index contributed by atoms with van der Waals surface area (Å²) in [6, 6.07) is 14.6. The Bertz CT molecular complexity index is 1100. The van der Waals surface area contributed by atoms with Gasteiger partial charge in [-0.15, -0.1) is 0 Å². The molecule has 3 aromatic rings. The van der Waals surface area contributed by atoms with E-state index in [2.05, 4.69) is 4.98 Å².